The Morgan fingerprint density at radius 3 is 2.11 bits per heavy atom. The Balaban J connectivity index is 2.44. The van der Waals surface area contributed by atoms with Crippen LogP contribution in [0.1, 0.15) is 5.56 Å². The number of alkyl halides is 3. The van der Waals surface area contributed by atoms with Gasteiger partial charge >= 0.3 is 6.18 Å². The number of benzene rings is 1. The highest BCUT2D eigenvalue weighted by molar-refractivity contribution is 9.13. The molecule has 0 atom stereocenters. The molecule has 6 heteroatoms. The fraction of sp³-hybridized carbons (Fsp3) is 0.0833. The highest BCUT2D eigenvalue weighted by Gasteiger charge is 2.30. The Bertz CT molecular complexity index is 565. The first-order valence-corrected chi connectivity index (χ1v) is 6.46. The van der Waals surface area contributed by atoms with Crippen molar-refractivity contribution < 1.29 is 13.2 Å². The maximum atomic E-state index is 12.4. The summed E-state index contributed by atoms with van der Waals surface area (Å²) in [6.45, 7) is 0. The normalized spacial score (nSPS) is 11.6. The van der Waals surface area contributed by atoms with Gasteiger partial charge in [0.25, 0.3) is 0 Å². The van der Waals surface area contributed by atoms with E-state index >= 15 is 0 Å². The van der Waals surface area contributed by atoms with Gasteiger partial charge in [-0.3, -0.25) is 0 Å². The number of rotatable bonds is 1. The minimum absolute atomic E-state index is 0.611. The zero-order chi connectivity index (χ0) is 13.3. The second-order valence-electron chi connectivity index (χ2n) is 3.54. The minimum atomic E-state index is -4.31. The lowest BCUT2D eigenvalue weighted by Crippen LogP contribution is -2.04. The van der Waals surface area contributed by atoms with Crippen molar-refractivity contribution in [3.8, 4) is 11.1 Å². The van der Waals surface area contributed by atoms with E-state index < -0.39 is 11.7 Å². The molecule has 0 N–H and O–H groups in total. The van der Waals surface area contributed by atoms with Crippen LogP contribution in [-0.4, -0.2) is 4.98 Å². The van der Waals surface area contributed by atoms with Gasteiger partial charge in [0.15, 0.2) is 0 Å². The molecule has 0 aliphatic rings. The number of hydrogen-bond acceptors (Lipinski definition) is 1. The van der Waals surface area contributed by atoms with Crippen LogP contribution < -0.4 is 0 Å². The monoisotopic (exact) mass is 379 g/mol. The Morgan fingerprint density at radius 2 is 1.56 bits per heavy atom. The van der Waals surface area contributed by atoms with E-state index in [1.807, 2.05) is 0 Å². The van der Waals surface area contributed by atoms with Crippen molar-refractivity contribution in [2.45, 2.75) is 6.18 Å². The van der Waals surface area contributed by atoms with Crippen molar-refractivity contribution in [2.75, 3.05) is 0 Å². The third-order valence-electron chi connectivity index (χ3n) is 2.37. The largest absolute Gasteiger partial charge is 0.416 e. The van der Waals surface area contributed by atoms with E-state index in [4.69, 9.17) is 0 Å². The lowest BCUT2D eigenvalue weighted by atomic mass is 10.1. The van der Waals surface area contributed by atoms with Gasteiger partial charge in [-0.15, -0.1) is 0 Å². The molecule has 94 valence electrons. The molecule has 0 aliphatic carbocycles. The smallest absolute Gasteiger partial charge is 0.248 e. The number of aromatic nitrogens is 1. The molecular formula is C12H6Br2F3N. The summed E-state index contributed by atoms with van der Waals surface area (Å²) in [6, 6.07) is 6.74. The first kappa shape index (κ1) is 13.5. The fourth-order valence-corrected chi connectivity index (χ4v) is 2.28. The van der Waals surface area contributed by atoms with Gasteiger partial charge in [0, 0.05) is 11.8 Å². The average molecular weight is 381 g/mol. The van der Waals surface area contributed by atoms with E-state index in [-0.39, 0.29) is 0 Å². The number of pyridine rings is 1. The van der Waals surface area contributed by atoms with Gasteiger partial charge in [0.2, 0.25) is 0 Å². The van der Waals surface area contributed by atoms with Crippen LogP contribution >= 0.6 is 31.9 Å². The first-order valence-electron chi connectivity index (χ1n) is 4.87. The Morgan fingerprint density at radius 1 is 0.944 bits per heavy atom. The summed E-state index contributed by atoms with van der Waals surface area (Å²) in [7, 11) is 0. The van der Waals surface area contributed by atoms with E-state index in [0.29, 0.717) is 14.6 Å². The van der Waals surface area contributed by atoms with Gasteiger partial charge in [-0.2, -0.15) is 13.2 Å². The Labute approximate surface area is 118 Å². The molecule has 0 bridgehead atoms. The number of halogens is 5. The summed E-state index contributed by atoms with van der Waals surface area (Å²) in [5, 5.41) is 0. The molecule has 0 saturated heterocycles. The molecule has 0 aliphatic heterocycles. The van der Waals surface area contributed by atoms with Crippen LogP contribution in [0.2, 0.25) is 0 Å². The van der Waals surface area contributed by atoms with Crippen molar-refractivity contribution >= 4 is 31.9 Å². The summed E-state index contributed by atoms with van der Waals surface area (Å²) in [5.74, 6) is 0. The van der Waals surface area contributed by atoms with Crippen LogP contribution in [-0.2, 0) is 6.18 Å². The van der Waals surface area contributed by atoms with E-state index in [9.17, 15) is 13.2 Å². The average Bonchev–Trinajstić information content (AvgIpc) is 2.32. The van der Waals surface area contributed by atoms with Crippen LogP contribution in [0.15, 0.2) is 45.6 Å². The van der Waals surface area contributed by atoms with Gasteiger partial charge in [-0.1, -0.05) is 12.1 Å². The summed E-state index contributed by atoms with van der Waals surface area (Å²) < 4.78 is 38.6. The van der Waals surface area contributed by atoms with Gasteiger partial charge in [0.05, 0.1) is 10.0 Å². The summed E-state index contributed by atoms with van der Waals surface area (Å²) in [6.07, 6.45) is -2.73. The lowest BCUT2D eigenvalue weighted by molar-refractivity contribution is -0.137. The van der Waals surface area contributed by atoms with Crippen LogP contribution in [0.3, 0.4) is 0 Å². The predicted molar refractivity (Wildman–Crippen MR) is 70.1 cm³/mol. The molecular weight excluding hydrogens is 375 g/mol. The van der Waals surface area contributed by atoms with Crippen LogP contribution in [0.4, 0.5) is 13.2 Å². The topological polar surface area (TPSA) is 12.9 Å². The van der Waals surface area contributed by atoms with Gasteiger partial charge in [-0.05, 0) is 55.6 Å². The molecule has 18 heavy (non-hydrogen) atoms. The molecule has 0 saturated carbocycles. The van der Waals surface area contributed by atoms with Crippen LogP contribution in [0, 0.1) is 0 Å². The molecule has 1 aromatic carbocycles. The Hall–Kier alpha value is -0.880. The van der Waals surface area contributed by atoms with Crippen molar-refractivity contribution in [1.29, 1.82) is 0 Å². The third-order valence-corrected chi connectivity index (χ3v) is 4.31. The van der Waals surface area contributed by atoms with E-state index in [2.05, 4.69) is 36.8 Å². The Kier molecular flexibility index (Phi) is 3.77. The van der Waals surface area contributed by atoms with E-state index in [1.165, 1.54) is 12.1 Å². The van der Waals surface area contributed by atoms with Crippen molar-refractivity contribution in [1.82, 2.24) is 4.98 Å². The quantitative estimate of drug-likeness (QED) is 0.612. The van der Waals surface area contributed by atoms with Gasteiger partial charge < -0.3 is 0 Å². The molecule has 0 spiro atoms. The molecule has 2 aromatic rings. The molecule has 0 fully saturated rings. The van der Waals surface area contributed by atoms with Crippen molar-refractivity contribution in [3.63, 3.8) is 0 Å². The number of nitrogens with zero attached hydrogens (tertiary/aromatic N) is 1. The maximum absolute atomic E-state index is 12.4. The fourth-order valence-electron chi connectivity index (χ4n) is 1.48. The van der Waals surface area contributed by atoms with Crippen LogP contribution in [0.25, 0.3) is 11.1 Å². The van der Waals surface area contributed by atoms with Crippen molar-refractivity contribution in [3.05, 3.63) is 51.2 Å². The second kappa shape index (κ2) is 5.01. The molecule has 0 radical (unpaired) electrons. The maximum Gasteiger partial charge on any atom is 0.416 e. The summed E-state index contributed by atoms with van der Waals surface area (Å²) in [4.78, 5) is 4.01. The zero-order valence-electron chi connectivity index (χ0n) is 8.80. The highest BCUT2D eigenvalue weighted by Crippen LogP contribution is 2.35. The zero-order valence-corrected chi connectivity index (χ0v) is 12.0. The lowest BCUT2D eigenvalue weighted by Gasteiger charge is -2.09. The molecule has 1 nitrogen and oxygen atoms in total. The first-order chi connectivity index (χ1) is 8.39. The number of hydrogen-bond donors (Lipinski definition) is 0. The van der Waals surface area contributed by atoms with Gasteiger partial charge in [0.1, 0.15) is 4.60 Å². The van der Waals surface area contributed by atoms with E-state index in [0.717, 1.165) is 17.7 Å². The molecule has 1 heterocycles. The van der Waals surface area contributed by atoms with Crippen molar-refractivity contribution in [2.24, 2.45) is 0 Å². The second-order valence-corrected chi connectivity index (χ2v) is 5.08. The SMILES string of the molecule is FC(F)(F)c1ccc(-c2ccnc(Br)c2Br)cc1. The molecule has 0 unspecified atom stereocenters. The molecule has 1 aromatic heterocycles. The molecule has 0 amide bonds. The third kappa shape index (κ3) is 2.75. The summed E-state index contributed by atoms with van der Waals surface area (Å²) in [5.41, 5.74) is 0.819. The van der Waals surface area contributed by atoms with Gasteiger partial charge in [-0.25, -0.2) is 4.98 Å². The van der Waals surface area contributed by atoms with E-state index in [1.54, 1.807) is 12.3 Å². The highest BCUT2D eigenvalue weighted by atomic mass is 79.9. The standard InChI is InChI=1S/C12H6Br2F3N/c13-10-9(5-6-18-11(10)14)7-1-3-8(4-2-7)12(15,16)17/h1-6H. The predicted octanol–water partition coefficient (Wildman–Crippen LogP) is 5.29. The van der Waals surface area contributed by atoms with Crippen LogP contribution in [0.5, 0.6) is 0 Å². The molecule has 2 rings (SSSR count). The summed E-state index contributed by atoms with van der Waals surface area (Å²) >= 11 is 6.59. The minimum Gasteiger partial charge on any atom is -0.248 e.